The Morgan fingerprint density at radius 1 is 1.12 bits per heavy atom. The lowest BCUT2D eigenvalue weighted by Gasteiger charge is -2.17. The molecule has 0 heterocycles. The number of hydrogen-bond donors (Lipinski definition) is 2. The second kappa shape index (κ2) is 9.72. The van der Waals surface area contributed by atoms with Gasteiger partial charge >= 0.3 is 0 Å². The van der Waals surface area contributed by atoms with E-state index in [0.29, 0.717) is 0 Å². The molecule has 2 aromatic carbocycles. The summed E-state index contributed by atoms with van der Waals surface area (Å²) in [7, 11) is 0. The van der Waals surface area contributed by atoms with Crippen LogP contribution in [0.1, 0.15) is 11.1 Å². The summed E-state index contributed by atoms with van der Waals surface area (Å²) in [6.45, 7) is 0. The number of nitrogens with two attached hydrogens (primary N) is 1. The zero-order chi connectivity index (χ0) is 19.1. The van der Waals surface area contributed by atoms with Crippen molar-refractivity contribution in [2.75, 3.05) is 0 Å². The number of thiocarbonyl (C=S) groups is 1. The highest BCUT2D eigenvalue weighted by Gasteiger charge is 2.16. The molecule has 0 aromatic heterocycles. The van der Waals surface area contributed by atoms with Crippen molar-refractivity contribution in [1.82, 2.24) is 10.3 Å². The van der Waals surface area contributed by atoms with E-state index in [0.717, 1.165) is 25.1 Å². The smallest absolute Gasteiger partial charge is 0.250 e. The first-order chi connectivity index (χ1) is 12.3. The molecule has 2 rings (SSSR count). The van der Waals surface area contributed by atoms with Crippen LogP contribution in [0.2, 0.25) is 0 Å². The Balaban J connectivity index is 1.92. The van der Waals surface area contributed by atoms with Crippen LogP contribution in [0.5, 0.6) is 0 Å². The lowest BCUT2D eigenvalue weighted by Crippen LogP contribution is -2.50. The second-order valence-corrected chi connectivity index (χ2v) is 7.47. The minimum Gasteiger partial charge on any atom is -0.298 e. The van der Waals surface area contributed by atoms with Gasteiger partial charge in [-0.05, 0) is 47.6 Å². The Bertz CT molecular complexity index is 837. The number of nitrogens with one attached hydrogen (secondary N) is 1. The molecule has 0 saturated heterocycles. The van der Waals surface area contributed by atoms with Crippen molar-refractivity contribution >= 4 is 67.1 Å². The number of hydrogen-bond acceptors (Lipinski definition) is 4. The molecular formula is C18H15Br2N3O2S. The summed E-state index contributed by atoms with van der Waals surface area (Å²) < 4.78 is 1.75. The molecule has 0 bridgehead atoms. The van der Waals surface area contributed by atoms with E-state index >= 15 is 0 Å². The molecule has 0 atom stereocenters. The highest BCUT2D eigenvalue weighted by molar-refractivity contribution is 9.11. The summed E-state index contributed by atoms with van der Waals surface area (Å²) in [4.78, 5) is 24.1. The summed E-state index contributed by atoms with van der Waals surface area (Å²) in [5, 5.41) is 3.02. The molecule has 0 aliphatic carbocycles. The minimum absolute atomic E-state index is 0.0925. The fourth-order valence-corrected chi connectivity index (χ4v) is 3.55. The van der Waals surface area contributed by atoms with E-state index in [4.69, 9.17) is 18.1 Å². The number of benzene rings is 2. The van der Waals surface area contributed by atoms with Gasteiger partial charge in [0.05, 0.1) is 6.42 Å². The van der Waals surface area contributed by atoms with Crippen molar-refractivity contribution in [2.45, 2.75) is 6.42 Å². The summed E-state index contributed by atoms with van der Waals surface area (Å²) in [6, 6.07) is 14.7. The van der Waals surface area contributed by atoms with E-state index < -0.39 is 11.8 Å². The maximum atomic E-state index is 12.1. The van der Waals surface area contributed by atoms with Gasteiger partial charge < -0.3 is 0 Å². The average Bonchev–Trinajstić information content (AvgIpc) is 2.59. The first-order valence-electron chi connectivity index (χ1n) is 7.46. The molecule has 2 amide bonds. The van der Waals surface area contributed by atoms with Crippen molar-refractivity contribution in [1.29, 1.82) is 0 Å². The van der Waals surface area contributed by atoms with Gasteiger partial charge in [0.2, 0.25) is 11.8 Å². The standard InChI is InChI=1S/C18H15Br2N3O2S/c19-14-8-13(9-15(20)11-14)6-7-16(24)22-18(26)23(21)17(25)10-12-4-2-1-3-5-12/h1-9,11H,10,21H2,(H,22,24,26). The van der Waals surface area contributed by atoms with Crippen molar-refractivity contribution in [3.8, 4) is 0 Å². The Morgan fingerprint density at radius 3 is 2.35 bits per heavy atom. The third-order valence-electron chi connectivity index (χ3n) is 3.23. The van der Waals surface area contributed by atoms with Gasteiger partial charge in [0.25, 0.3) is 0 Å². The molecule has 26 heavy (non-hydrogen) atoms. The normalized spacial score (nSPS) is 10.6. The van der Waals surface area contributed by atoms with Gasteiger partial charge in [0, 0.05) is 15.0 Å². The highest BCUT2D eigenvalue weighted by Crippen LogP contribution is 2.20. The van der Waals surface area contributed by atoms with Gasteiger partial charge in [-0.3, -0.25) is 14.9 Å². The zero-order valence-electron chi connectivity index (χ0n) is 13.5. The molecular weight excluding hydrogens is 482 g/mol. The van der Waals surface area contributed by atoms with E-state index in [1.165, 1.54) is 6.08 Å². The van der Waals surface area contributed by atoms with Crippen molar-refractivity contribution in [3.05, 3.63) is 74.7 Å². The quantitative estimate of drug-likeness (QED) is 0.223. The Labute approximate surface area is 173 Å². The molecule has 3 N–H and O–H groups in total. The number of amides is 2. The van der Waals surface area contributed by atoms with E-state index in [1.54, 1.807) is 6.08 Å². The number of halogens is 2. The molecule has 0 aliphatic heterocycles. The van der Waals surface area contributed by atoms with Crippen LogP contribution in [0.3, 0.4) is 0 Å². The first-order valence-corrected chi connectivity index (χ1v) is 9.45. The molecule has 134 valence electrons. The van der Waals surface area contributed by atoms with Crippen LogP contribution < -0.4 is 11.2 Å². The predicted molar refractivity (Wildman–Crippen MR) is 113 cm³/mol. The number of rotatable bonds is 4. The minimum atomic E-state index is -0.478. The van der Waals surface area contributed by atoms with Crippen LogP contribution in [0.4, 0.5) is 0 Å². The van der Waals surface area contributed by atoms with Gasteiger partial charge in [-0.2, -0.15) is 0 Å². The maximum Gasteiger partial charge on any atom is 0.250 e. The second-order valence-electron chi connectivity index (χ2n) is 5.26. The Kier molecular flexibility index (Phi) is 7.65. The fraction of sp³-hybridized carbons (Fsp3) is 0.0556. The van der Waals surface area contributed by atoms with E-state index in [9.17, 15) is 9.59 Å². The van der Waals surface area contributed by atoms with Crippen molar-refractivity contribution < 1.29 is 9.59 Å². The first kappa shape index (κ1) is 20.4. The van der Waals surface area contributed by atoms with Gasteiger partial charge in [-0.15, -0.1) is 0 Å². The zero-order valence-corrected chi connectivity index (χ0v) is 17.5. The number of carbonyl (C=O) groups is 2. The molecule has 2 aromatic rings. The van der Waals surface area contributed by atoms with Gasteiger partial charge in [0.15, 0.2) is 5.11 Å². The van der Waals surface area contributed by atoms with Crippen LogP contribution in [-0.4, -0.2) is 21.9 Å². The number of carbonyl (C=O) groups excluding carboxylic acids is 2. The van der Waals surface area contributed by atoms with Gasteiger partial charge in [-0.25, -0.2) is 10.9 Å². The molecule has 0 unspecified atom stereocenters. The third-order valence-corrected chi connectivity index (χ3v) is 4.44. The van der Waals surface area contributed by atoms with Crippen LogP contribution in [0.25, 0.3) is 6.08 Å². The molecule has 0 aliphatic rings. The summed E-state index contributed by atoms with van der Waals surface area (Å²) in [5.74, 6) is 4.80. The van der Waals surface area contributed by atoms with E-state index in [1.807, 2.05) is 48.5 Å². The van der Waals surface area contributed by atoms with Crippen LogP contribution in [0.15, 0.2) is 63.6 Å². The summed E-state index contributed by atoms with van der Waals surface area (Å²) in [6.07, 6.45) is 3.03. The van der Waals surface area contributed by atoms with Crippen molar-refractivity contribution in [3.63, 3.8) is 0 Å². The average molecular weight is 497 g/mol. The summed E-state index contributed by atoms with van der Waals surface area (Å²) >= 11 is 11.8. The molecule has 0 saturated carbocycles. The topological polar surface area (TPSA) is 75.4 Å². The SMILES string of the molecule is NN(C(=O)Cc1ccccc1)C(=S)NC(=O)C=Cc1cc(Br)cc(Br)c1. The number of hydrazine groups is 1. The number of nitrogens with zero attached hydrogens (tertiary/aromatic N) is 1. The van der Waals surface area contributed by atoms with E-state index in [-0.39, 0.29) is 11.5 Å². The highest BCUT2D eigenvalue weighted by atomic mass is 79.9. The molecule has 0 radical (unpaired) electrons. The van der Waals surface area contributed by atoms with Crippen LogP contribution in [0, 0.1) is 0 Å². The summed E-state index contributed by atoms with van der Waals surface area (Å²) in [5.41, 5.74) is 1.62. The van der Waals surface area contributed by atoms with Crippen LogP contribution in [-0.2, 0) is 16.0 Å². The molecule has 5 nitrogen and oxygen atoms in total. The maximum absolute atomic E-state index is 12.1. The largest absolute Gasteiger partial charge is 0.298 e. The monoisotopic (exact) mass is 495 g/mol. The third kappa shape index (κ3) is 6.45. The van der Waals surface area contributed by atoms with Gasteiger partial charge in [0.1, 0.15) is 0 Å². The lowest BCUT2D eigenvalue weighted by atomic mass is 10.1. The van der Waals surface area contributed by atoms with Crippen LogP contribution >= 0.6 is 44.1 Å². The van der Waals surface area contributed by atoms with E-state index in [2.05, 4.69) is 37.2 Å². The van der Waals surface area contributed by atoms with Crippen molar-refractivity contribution in [2.24, 2.45) is 5.84 Å². The Morgan fingerprint density at radius 2 is 1.73 bits per heavy atom. The molecule has 0 spiro atoms. The predicted octanol–water partition coefficient (Wildman–Crippen LogP) is 3.57. The molecule has 8 heteroatoms. The lowest BCUT2D eigenvalue weighted by molar-refractivity contribution is -0.126. The molecule has 0 fully saturated rings. The fourth-order valence-electron chi connectivity index (χ4n) is 2.02. The van der Waals surface area contributed by atoms with Gasteiger partial charge in [-0.1, -0.05) is 62.2 Å². The Hall–Kier alpha value is -1.87.